The third kappa shape index (κ3) is 5.18. The SMILES string of the molecule is O=C(Cc1ccccc1OC(F)(F)F)C1CC2COCC(C1)N2C(=O)OCC1c2ccccc2-c2ccccc21. The van der Waals surface area contributed by atoms with Crippen LogP contribution in [0.1, 0.15) is 35.4 Å². The van der Waals surface area contributed by atoms with Crippen molar-refractivity contribution in [2.75, 3.05) is 19.8 Å². The number of alkyl halides is 3. The molecule has 2 bridgehead atoms. The second kappa shape index (κ2) is 10.6. The van der Waals surface area contributed by atoms with E-state index in [0.717, 1.165) is 22.3 Å². The van der Waals surface area contributed by atoms with E-state index in [1.165, 1.54) is 18.2 Å². The van der Waals surface area contributed by atoms with Crippen LogP contribution in [0.3, 0.4) is 0 Å². The third-order valence-electron chi connectivity index (χ3n) is 8.09. The number of para-hydroxylation sites is 1. The van der Waals surface area contributed by atoms with Gasteiger partial charge in [-0.25, -0.2) is 4.79 Å². The number of halogens is 3. The first-order valence-electron chi connectivity index (χ1n) is 13.4. The summed E-state index contributed by atoms with van der Waals surface area (Å²) in [4.78, 5) is 28.3. The minimum Gasteiger partial charge on any atom is -0.448 e. The molecule has 0 aromatic heterocycles. The topological polar surface area (TPSA) is 65.1 Å². The van der Waals surface area contributed by atoms with E-state index in [9.17, 15) is 22.8 Å². The minimum absolute atomic E-state index is 0.0643. The van der Waals surface area contributed by atoms with Crippen LogP contribution in [-0.2, 0) is 20.7 Å². The summed E-state index contributed by atoms with van der Waals surface area (Å²) in [6, 6.07) is 21.2. The zero-order valence-corrected chi connectivity index (χ0v) is 21.6. The summed E-state index contributed by atoms with van der Waals surface area (Å²) in [6.45, 7) is 0.749. The van der Waals surface area contributed by atoms with E-state index in [1.807, 2.05) is 24.3 Å². The van der Waals surface area contributed by atoms with Crippen LogP contribution in [0, 0.1) is 5.92 Å². The van der Waals surface area contributed by atoms with E-state index in [0.29, 0.717) is 12.8 Å². The quantitative estimate of drug-likeness (QED) is 0.369. The van der Waals surface area contributed by atoms with Gasteiger partial charge in [-0.2, -0.15) is 0 Å². The van der Waals surface area contributed by atoms with Gasteiger partial charge in [-0.1, -0.05) is 66.7 Å². The Morgan fingerprint density at radius 1 is 0.850 bits per heavy atom. The second-order valence-electron chi connectivity index (χ2n) is 10.5. The predicted molar refractivity (Wildman–Crippen MR) is 140 cm³/mol. The van der Waals surface area contributed by atoms with Gasteiger partial charge in [-0.15, -0.1) is 13.2 Å². The fraction of sp³-hybridized carbons (Fsp3) is 0.355. The van der Waals surface area contributed by atoms with E-state index in [1.54, 1.807) is 11.0 Å². The third-order valence-corrected chi connectivity index (χ3v) is 8.09. The lowest BCUT2D eigenvalue weighted by Crippen LogP contribution is -2.60. The molecule has 0 N–H and O–H groups in total. The Morgan fingerprint density at radius 2 is 1.43 bits per heavy atom. The van der Waals surface area contributed by atoms with Gasteiger partial charge in [0.15, 0.2) is 0 Å². The molecule has 6 rings (SSSR count). The molecule has 1 amide bonds. The van der Waals surface area contributed by atoms with Crippen LogP contribution < -0.4 is 4.74 Å². The maximum Gasteiger partial charge on any atom is 0.573 e. The number of Topliss-reactive ketones (excluding diaryl/α,β-unsaturated/α-hetero) is 1. The Labute approximate surface area is 229 Å². The molecule has 9 heteroatoms. The number of fused-ring (bicyclic) bond motifs is 5. The summed E-state index contributed by atoms with van der Waals surface area (Å²) in [5.41, 5.74) is 4.72. The van der Waals surface area contributed by atoms with E-state index >= 15 is 0 Å². The molecule has 2 aliphatic heterocycles. The normalized spacial score (nSPS) is 21.9. The summed E-state index contributed by atoms with van der Waals surface area (Å²) in [6.07, 6.45) is -4.73. The van der Waals surface area contributed by atoms with Gasteiger partial charge in [0.1, 0.15) is 18.1 Å². The zero-order chi connectivity index (χ0) is 27.9. The van der Waals surface area contributed by atoms with Crippen molar-refractivity contribution in [3.8, 4) is 16.9 Å². The number of morpholine rings is 1. The van der Waals surface area contributed by atoms with Crippen molar-refractivity contribution in [3.05, 3.63) is 89.5 Å². The maximum atomic E-state index is 13.4. The fourth-order valence-electron chi connectivity index (χ4n) is 6.35. The van der Waals surface area contributed by atoms with Crippen molar-refractivity contribution >= 4 is 11.9 Å². The molecule has 3 aliphatic rings. The predicted octanol–water partition coefficient (Wildman–Crippen LogP) is 6.13. The number of piperidine rings is 1. The highest BCUT2D eigenvalue weighted by molar-refractivity contribution is 5.84. The number of ether oxygens (including phenoxy) is 3. The lowest BCUT2D eigenvalue weighted by Gasteiger charge is -2.47. The summed E-state index contributed by atoms with van der Waals surface area (Å²) in [5, 5.41) is 0. The molecule has 2 unspecified atom stereocenters. The van der Waals surface area contributed by atoms with Crippen molar-refractivity contribution in [1.82, 2.24) is 4.90 Å². The fourth-order valence-corrected chi connectivity index (χ4v) is 6.35. The molecule has 2 saturated heterocycles. The first-order chi connectivity index (χ1) is 19.3. The Morgan fingerprint density at radius 3 is 2.05 bits per heavy atom. The van der Waals surface area contributed by atoms with Crippen LogP contribution >= 0.6 is 0 Å². The number of carbonyl (C=O) groups excluding carboxylic acids is 2. The molecule has 3 aromatic carbocycles. The van der Waals surface area contributed by atoms with Crippen molar-refractivity contribution in [3.63, 3.8) is 0 Å². The van der Waals surface area contributed by atoms with E-state index in [-0.39, 0.29) is 61.3 Å². The Balaban J connectivity index is 1.12. The lowest BCUT2D eigenvalue weighted by molar-refractivity contribution is -0.274. The molecule has 2 heterocycles. The molecule has 0 radical (unpaired) electrons. The number of hydrogen-bond acceptors (Lipinski definition) is 5. The Hall–Kier alpha value is -3.85. The molecule has 2 atom stereocenters. The van der Waals surface area contributed by atoms with Gasteiger partial charge in [-0.3, -0.25) is 9.69 Å². The van der Waals surface area contributed by atoms with Gasteiger partial charge < -0.3 is 14.2 Å². The summed E-state index contributed by atoms with van der Waals surface area (Å²) < 4.78 is 54.2. The first-order valence-corrected chi connectivity index (χ1v) is 13.4. The van der Waals surface area contributed by atoms with Crippen molar-refractivity contribution in [2.24, 2.45) is 5.92 Å². The van der Waals surface area contributed by atoms with Gasteiger partial charge in [0.05, 0.1) is 25.3 Å². The van der Waals surface area contributed by atoms with Gasteiger partial charge >= 0.3 is 12.5 Å². The van der Waals surface area contributed by atoms with E-state index in [4.69, 9.17) is 9.47 Å². The number of nitrogens with zero attached hydrogens (tertiary/aromatic N) is 1. The first kappa shape index (κ1) is 26.4. The van der Waals surface area contributed by atoms with E-state index in [2.05, 4.69) is 29.0 Å². The summed E-state index contributed by atoms with van der Waals surface area (Å²) >= 11 is 0. The summed E-state index contributed by atoms with van der Waals surface area (Å²) in [5.74, 6) is -1.02. The van der Waals surface area contributed by atoms with Gasteiger partial charge in [0.25, 0.3) is 0 Å². The van der Waals surface area contributed by atoms with E-state index < -0.39 is 18.4 Å². The van der Waals surface area contributed by atoms with Crippen molar-refractivity contribution < 1.29 is 37.0 Å². The number of carbonyl (C=O) groups is 2. The number of ketones is 1. The van der Waals surface area contributed by atoms with Crippen LogP contribution in [0.25, 0.3) is 11.1 Å². The van der Waals surface area contributed by atoms with Crippen LogP contribution in [0.2, 0.25) is 0 Å². The number of rotatable bonds is 6. The molecule has 0 spiro atoms. The molecule has 208 valence electrons. The Kier molecular flexibility index (Phi) is 7.00. The highest BCUT2D eigenvalue weighted by atomic mass is 19.4. The van der Waals surface area contributed by atoms with Gasteiger partial charge in [-0.05, 0) is 41.2 Å². The number of benzene rings is 3. The lowest BCUT2D eigenvalue weighted by atomic mass is 9.81. The monoisotopic (exact) mass is 551 g/mol. The van der Waals surface area contributed by atoms with Crippen molar-refractivity contribution in [1.29, 1.82) is 0 Å². The number of hydrogen-bond donors (Lipinski definition) is 0. The zero-order valence-electron chi connectivity index (χ0n) is 21.6. The smallest absolute Gasteiger partial charge is 0.448 e. The molecule has 40 heavy (non-hydrogen) atoms. The van der Waals surface area contributed by atoms with Crippen LogP contribution in [0.15, 0.2) is 72.8 Å². The molecular weight excluding hydrogens is 523 g/mol. The molecule has 2 fully saturated rings. The maximum absolute atomic E-state index is 13.4. The number of amides is 1. The van der Waals surface area contributed by atoms with Gasteiger partial charge in [0.2, 0.25) is 0 Å². The van der Waals surface area contributed by atoms with Crippen molar-refractivity contribution in [2.45, 2.75) is 43.6 Å². The van der Waals surface area contributed by atoms with Crippen LogP contribution in [0.4, 0.5) is 18.0 Å². The highest BCUT2D eigenvalue weighted by Crippen LogP contribution is 2.45. The highest BCUT2D eigenvalue weighted by Gasteiger charge is 2.45. The average Bonchev–Trinajstić information content (AvgIpc) is 3.25. The average molecular weight is 552 g/mol. The second-order valence-corrected chi connectivity index (χ2v) is 10.5. The molecule has 1 aliphatic carbocycles. The molecular formula is C31H28F3NO5. The Bertz CT molecular complexity index is 1360. The van der Waals surface area contributed by atoms with Crippen LogP contribution in [-0.4, -0.2) is 55.0 Å². The summed E-state index contributed by atoms with van der Waals surface area (Å²) in [7, 11) is 0. The van der Waals surface area contributed by atoms with Crippen LogP contribution in [0.5, 0.6) is 5.75 Å². The largest absolute Gasteiger partial charge is 0.573 e. The molecule has 3 aromatic rings. The standard InChI is InChI=1S/C31H28F3NO5/c32-31(33,34)40-29-12-6-1-7-19(29)15-28(36)20-13-21-16-38-17-22(14-20)35(21)30(37)39-18-27-25-10-4-2-8-23(25)24-9-3-5-11-26(24)27/h1-12,20-22,27H,13-18H2. The molecule has 6 nitrogen and oxygen atoms in total. The van der Waals surface area contributed by atoms with Gasteiger partial charge in [0, 0.05) is 23.8 Å². The minimum atomic E-state index is -4.85. The molecule has 0 saturated carbocycles.